The Morgan fingerprint density at radius 2 is 1.69 bits per heavy atom. The van der Waals surface area contributed by atoms with Crippen molar-refractivity contribution in [3.63, 3.8) is 0 Å². The third-order valence-corrected chi connectivity index (χ3v) is 1.94. The summed E-state index contributed by atoms with van der Waals surface area (Å²) in [7, 11) is 2.89. The molecule has 1 aromatic rings. The van der Waals surface area contributed by atoms with Gasteiger partial charge in [0, 0.05) is 0 Å². The van der Waals surface area contributed by atoms with Crippen molar-refractivity contribution in [3.8, 4) is 11.5 Å². The smallest absolute Gasteiger partial charge is 0.373 e. The van der Waals surface area contributed by atoms with Crippen LogP contribution in [0.25, 0.3) is 0 Å². The summed E-state index contributed by atoms with van der Waals surface area (Å²) in [4.78, 5) is 11.2. The van der Waals surface area contributed by atoms with Gasteiger partial charge < -0.3 is 14.2 Å². The summed E-state index contributed by atoms with van der Waals surface area (Å²) < 4.78 is 14.9. The summed E-state index contributed by atoms with van der Waals surface area (Å²) in [5.74, 6) is 0.942. The highest BCUT2D eigenvalue weighted by Crippen LogP contribution is 2.19. The van der Waals surface area contributed by atoms with Crippen LogP contribution in [0.1, 0.15) is 6.92 Å². The number of carbonyl (C=O) groups excluding carboxylic acids is 1. The fraction of sp³-hybridized carbons (Fsp3) is 0.250. The number of carbonyl (C=O) groups is 1. The van der Waals surface area contributed by atoms with Crippen molar-refractivity contribution in [1.29, 1.82) is 0 Å². The number of esters is 1. The van der Waals surface area contributed by atoms with Gasteiger partial charge in [0.2, 0.25) is 5.76 Å². The first kappa shape index (κ1) is 12.1. The highest BCUT2D eigenvalue weighted by atomic mass is 16.6. The van der Waals surface area contributed by atoms with Crippen molar-refractivity contribution in [1.82, 2.24) is 0 Å². The Bertz CT molecular complexity index is 379. The normalized spacial score (nSPS) is 10.8. The number of allylic oxidation sites excluding steroid dienone is 1. The molecule has 0 atom stereocenters. The minimum Gasteiger partial charge on any atom is -0.497 e. The SMILES string of the molecule is C/C=C(\Oc1ccc(OC)cc1)C(=O)OC. The van der Waals surface area contributed by atoms with E-state index in [0.717, 1.165) is 5.75 Å². The Labute approximate surface area is 94.4 Å². The third kappa shape index (κ3) is 3.02. The molecule has 0 aliphatic heterocycles. The summed E-state index contributed by atoms with van der Waals surface area (Å²) >= 11 is 0. The molecule has 16 heavy (non-hydrogen) atoms. The third-order valence-electron chi connectivity index (χ3n) is 1.94. The molecule has 1 aromatic carbocycles. The van der Waals surface area contributed by atoms with E-state index in [1.807, 2.05) is 0 Å². The van der Waals surface area contributed by atoms with Crippen LogP contribution in [0, 0.1) is 0 Å². The molecular formula is C12H14O4. The quantitative estimate of drug-likeness (QED) is 0.445. The van der Waals surface area contributed by atoms with Crippen LogP contribution in [0.15, 0.2) is 36.1 Å². The molecule has 4 heteroatoms. The molecule has 1 rings (SSSR count). The fourth-order valence-electron chi connectivity index (χ4n) is 1.09. The second kappa shape index (κ2) is 5.80. The van der Waals surface area contributed by atoms with Gasteiger partial charge in [0.1, 0.15) is 11.5 Å². The number of hydrogen-bond acceptors (Lipinski definition) is 4. The van der Waals surface area contributed by atoms with Gasteiger partial charge in [-0.2, -0.15) is 0 Å². The van der Waals surface area contributed by atoms with E-state index >= 15 is 0 Å². The lowest BCUT2D eigenvalue weighted by atomic mass is 10.3. The number of rotatable bonds is 4. The van der Waals surface area contributed by atoms with Crippen LogP contribution in [0.2, 0.25) is 0 Å². The maximum absolute atomic E-state index is 11.2. The predicted molar refractivity (Wildman–Crippen MR) is 59.4 cm³/mol. The van der Waals surface area contributed by atoms with Crippen molar-refractivity contribution in [2.24, 2.45) is 0 Å². The zero-order chi connectivity index (χ0) is 12.0. The van der Waals surface area contributed by atoms with E-state index in [0.29, 0.717) is 5.75 Å². The molecule has 0 saturated carbocycles. The molecule has 4 nitrogen and oxygen atoms in total. The summed E-state index contributed by atoms with van der Waals surface area (Å²) in [6.45, 7) is 1.70. The van der Waals surface area contributed by atoms with Crippen LogP contribution >= 0.6 is 0 Å². The Kier molecular flexibility index (Phi) is 4.39. The second-order valence-corrected chi connectivity index (χ2v) is 2.92. The molecule has 0 unspecified atom stereocenters. The summed E-state index contributed by atoms with van der Waals surface area (Å²) in [6.07, 6.45) is 1.55. The molecule has 0 aliphatic carbocycles. The van der Waals surface area contributed by atoms with E-state index in [-0.39, 0.29) is 5.76 Å². The maximum Gasteiger partial charge on any atom is 0.373 e. The van der Waals surface area contributed by atoms with Gasteiger partial charge in [-0.3, -0.25) is 0 Å². The number of ether oxygens (including phenoxy) is 3. The molecule has 0 saturated heterocycles. The number of hydrogen-bond donors (Lipinski definition) is 0. The lowest BCUT2D eigenvalue weighted by Gasteiger charge is -2.08. The zero-order valence-corrected chi connectivity index (χ0v) is 9.52. The Hall–Kier alpha value is -1.97. The summed E-state index contributed by atoms with van der Waals surface area (Å²) in [5, 5.41) is 0. The van der Waals surface area contributed by atoms with E-state index in [1.165, 1.54) is 7.11 Å². The largest absolute Gasteiger partial charge is 0.497 e. The average molecular weight is 222 g/mol. The molecule has 0 aromatic heterocycles. The fourth-order valence-corrected chi connectivity index (χ4v) is 1.09. The van der Waals surface area contributed by atoms with E-state index in [1.54, 1.807) is 44.4 Å². The van der Waals surface area contributed by atoms with Crippen LogP contribution in [-0.4, -0.2) is 20.2 Å². The van der Waals surface area contributed by atoms with Gasteiger partial charge in [0.05, 0.1) is 14.2 Å². The molecule has 86 valence electrons. The maximum atomic E-state index is 11.2. The van der Waals surface area contributed by atoms with Crippen LogP contribution in [-0.2, 0) is 9.53 Å². The molecule has 0 amide bonds. The first-order chi connectivity index (χ1) is 7.71. The second-order valence-electron chi connectivity index (χ2n) is 2.92. The van der Waals surface area contributed by atoms with Crippen molar-refractivity contribution in [2.45, 2.75) is 6.92 Å². The average Bonchev–Trinajstić information content (AvgIpc) is 2.35. The summed E-state index contributed by atoms with van der Waals surface area (Å²) in [5.41, 5.74) is 0. The molecule has 0 fully saturated rings. The molecule has 0 bridgehead atoms. The van der Waals surface area contributed by atoms with E-state index in [2.05, 4.69) is 4.74 Å². The first-order valence-electron chi connectivity index (χ1n) is 4.77. The topological polar surface area (TPSA) is 44.8 Å². The first-order valence-corrected chi connectivity index (χ1v) is 4.77. The zero-order valence-electron chi connectivity index (χ0n) is 9.52. The van der Waals surface area contributed by atoms with Crippen molar-refractivity contribution in [3.05, 3.63) is 36.1 Å². The van der Waals surface area contributed by atoms with Gasteiger partial charge in [-0.15, -0.1) is 0 Å². The Morgan fingerprint density at radius 1 is 1.12 bits per heavy atom. The molecular weight excluding hydrogens is 208 g/mol. The van der Waals surface area contributed by atoms with Gasteiger partial charge in [0.15, 0.2) is 0 Å². The Morgan fingerprint density at radius 3 is 2.12 bits per heavy atom. The number of benzene rings is 1. The van der Waals surface area contributed by atoms with Gasteiger partial charge in [0.25, 0.3) is 0 Å². The predicted octanol–water partition coefficient (Wildman–Crippen LogP) is 2.15. The lowest BCUT2D eigenvalue weighted by molar-refractivity contribution is -0.138. The molecule has 0 heterocycles. The highest BCUT2D eigenvalue weighted by Gasteiger charge is 2.10. The van der Waals surface area contributed by atoms with Crippen LogP contribution < -0.4 is 9.47 Å². The molecule has 0 aliphatic rings. The van der Waals surface area contributed by atoms with Crippen molar-refractivity contribution >= 4 is 5.97 Å². The standard InChI is InChI=1S/C12H14O4/c1-4-11(12(13)15-3)16-10-7-5-9(14-2)6-8-10/h4-8H,1-3H3/b11-4-. The van der Waals surface area contributed by atoms with Crippen LogP contribution in [0.3, 0.4) is 0 Å². The Balaban J connectivity index is 2.75. The molecule has 0 N–H and O–H groups in total. The van der Waals surface area contributed by atoms with Gasteiger partial charge in [-0.1, -0.05) is 0 Å². The van der Waals surface area contributed by atoms with Crippen LogP contribution in [0.4, 0.5) is 0 Å². The van der Waals surface area contributed by atoms with Crippen LogP contribution in [0.5, 0.6) is 11.5 Å². The minimum atomic E-state index is -0.502. The molecule has 0 radical (unpaired) electrons. The summed E-state index contributed by atoms with van der Waals surface area (Å²) in [6, 6.07) is 6.93. The van der Waals surface area contributed by atoms with E-state index < -0.39 is 5.97 Å². The van der Waals surface area contributed by atoms with Gasteiger partial charge in [-0.05, 0) is 37.3 Å². The highest BCUT2D eigenvalue weighted by molar-refractivity contribution is 5.86. The molecule has 0 spiro atoms. The van der Waals surface area contributed by atoms with E-state index in [4.69, 9.17) is 9.47 Å². The minimum absolute atomic E-state index is 0.160. The lowest BCUT2D eigenvalue weighted by Crippen LogP contribution is -2.10. The number of methoxy groups -OCH3 is 2. The van der Waals surface area contributed by atoms with Crippen molar-refractivity contribution in [2.75, 3.05) is 14.2 Å². The van der Waals surface area contributed by atoms with E-state index in [9.17, 15) is 4.79 Å². The van der Waals surface area contributed by atoms with Gasteiger partial charge >= 0.3 is 5.97 Å². The van der Waals surface area contributed by atoms with Crippen molar-refractivity contribution < 1.29 is 19.0 Å². The monoisotopic (exact) mass is 222 g/mol. The van der Waals surface area contributed by atoms with Gasteiger partial charge in [-0.25, -0.2) is 4.79 Å².